The first-order valence-corrected chi connectivity index (χ1v) is 7.94. The molecular weight excluding hydrogens is 284 g/mol. The zero-order valence-electron chi connectivity index (χ0n) is 12.1. The molecule has 5 nitrogen and oxygen atoms in total. The van der Waals surface area contributed by atoms with E-state index >= 15 is 0 Å². The lowest BCUT2D eigenvalue weighted by molar-refractivity contribution is 0.679. The minimum Gasteiger partial charge on any atom is -0.293 e. The molecule has 0 unspecified atom stereocenters. The Labute approximate surface area is 125 Å². The highest BCUT2D eigenvalue weighted by Gasteiger charge is 2.21. The van der Waals surface area contributed by atoms with E-state index in [4.69, 9.17) is 0 Å². The van der Waals surface area contributed by atoms with E-state index in [1.165, 1.54) is 10.4 Å². The lowest BCUT2D eigenvalue weighted by Crippen LogP contribution is -2.21. The lowest BCUT2D eigenvalue weighted by Gasteiger charge is -2.03. The number of thiophene rings is 1. The molecule has 0 N–H and O–H groups in total. The van der Waals surface area contributed by atoms with Crippen LogP contribution in [0.3, 0.4) is 0 Å². The van der Waals surface area contributed by atoms with Crippen LogP contribution in [0.25, 0.3) is 10.2 Å². The van der Waals surface area contributed by atoms with E-state index in [1.54, 1.807) is 22.2 Å². The first kappa shape index (κ1) is 12.8. The van der Waals surface area contributed by atoms with Crippen LogP contribution >= 0.6 is 11.3 Å². The highest BCUT2D eigenvalue weighted by Crippen LogP contribution is 2.34. The summed E-state index contributed by atoms with van der Waals surface area (Å²) >= 11 is 1.68. The fourth-order valence-corrected chi connectivity index (χ4v) is 4.24. The maximum absolute atomic E-state index is 12.7. The topological polar surface area (TPSA) is 52.7 Å². The van der Waals surface area contributed by atoms with Crippen molar-refractivity contribution >= 4 is 21.6 Å². The molecule has 0 bridgehead atoms. The van der Waals surface area contributed by atoms with Gasteiger partial charge in [0.2, 0.25) is 0 Å². The van der Waals surface area contributed by atoms with E-state index in [0.29, 0.717) is 6.54 Å². The molecule has 0 fully saturated rings. The van der Waals surface area contributed by atoms with Crippen molar-refractivity contribution in [3.63, 3.8) is 0 Å². The Kier molecular flexibility index (Phi) is 2.75. The quantitative estimate of drug-likeness (QED) is 0.728. The van der Waals surface area contributed by atoms with E-state index in [1.807, 2.05) is 24.7 Å². The van der Waals surface area contributed by atoms with Gasteiger partial charge in [-0.2, -0.15) is 5.10 Å². The summed E-state index contributed by atoms with van der Waals surface area (Å²) in [6.45, 7) is 2.49. The summed E-state index contributed by atoms with van der Waals surface area (Å²) in [5.41, 5.74) is 3.29. The van der Waals surface area contributed by atoms with Crippen LogP contribution in [0.2, 0.25) is 0 Å². The molecule has 0 aliphatic heterocycles. The Morgan fingerprint density at radius 1 is 1.38 bits per heavy atom. The molecule has 0 aromatic carbocycles. The van der Waals surface area contributed by atoms with Crippen molar-refractivity contribution < 1.29 is 0 Å². The predicted octanol–water partition coefficient (Wildman–Crippen LogP) is 2.04. The molecule has 3 aromatic rings. The van der Waals surface area contributed by atoms with Crippen molar-refractivity contribution in [2.45, 2.75) is 32.7 Å². The van der Waals surface area contributed by atoms with E-state index < -0.39 is 0 Å². The molecule has 21 heavy (non-hydrogen) atoms. The molecule has 0 spiro atoms. The molecule has 0 amide bonds. The summed E-state index contributed by atoms with van der Waals surface area (Å²) < 4.78 is 3.50. The monoisotopic (exact) mass is 300 g/mol. The van der Waals surface area contributed by atoms with Gasteiger partial charge in [-0.15, -0.1) is 11.3 Å². The Morgan fingerprint density at radius 2 is 2.24 bits per heavy atom. The van der Waals surface area contributed by atoms with E-state index in [9.17, 15) is 4.79 Å². The van der Waals surface area contributed by atoms with Gasteiger partial charge in [0.05, 0.1) is 24.0 Å². The molecule has 1 aliphatic rings. The van der Waals surface area contributed by atoms with Crippen LogP contribution in [0.1, 0.15) is 28.2 Å². The van der Waals surface area contributed by atoms with Crippen molar-refractivity contribution in [3.05, 3.63) is 44.6 Å². The summed E-state index contributed by atoms with van der Waals surface area (Å²) in [4.78, 5) is 19.5. The minimum atomic E-state index is 0.0720. The zero-order chi connectivity index (χ0) is 14.6. The van der Waals surface area contributed by atoms with Crippen molar-refractivity contribution in [3.8, 4) is 0 Å². The molecule has 0 saturated carbocycles. The van der Waals surface area contributed by atoms with Crippen LogP contribution in [0.4, 0.5) is 0 Å². The third kappa shape index (κ3) is 1.93. The Morgan fingerprint density at radius 3 is 3.00 bits per heavy atom. The van der Waals surface area contributed by atoms with E-state index in [2.05, 4.69) is 10.1 Å². The first-order valence-electron chi connectivity index (χ1n) is 7.12. The van der Waals surface area contributed by atoms with Gasteiger partial charge in [0, 0.05) is 17.6 Å². The highest BCUT2D eigenvalue weighted by molar-refractivity contribution is 7.18. The molecule has 108 valence electrons. The molecule has 0 atom stereocenters. The molecule has 6 heteroatoms. The second kappa shape index (κ2) is 4.53. The summed E-state index contributed by atoms with van der Waals surface area (Å²) in [6, 6.07) is 2.01. The van der Waals surface area contributed by atoms with E-state index in [0.717, 1.165) is 40.9 Å². The Balaban J connectivity index is 1.82. The number of aromatic nitrogens is 4. The van der Waals surface area contributed by atoms with Crippen LogP contribution in [-0.2, 0) is 26.4 Å². The third-order valence-corrected chi connectivity index (χ3v) is 5.39. The maximum atomic E-state index is 12.7. The van der Waals surface area contributed by atoms with Gasteiger partial charge < -0.3 is 0 Å². The standard InChI is InChI=1S/C15H16N4OS/c1-9-6-10(17-18(9)2)7-19-8-16-14-13(15(19)20)11-4-3-5-12(11)21-14/h6,8H,3-5,7H2,1-2H3. The third-order valence-electron chi connectivity index (χ3n) is 4.19. The summed E-state index contributed by atoms with van der Waals surface area (Å²) in [7, 11) is 1.91. The number of fused-ring (bicyclic) bond motifs is 3. The summed E-state index contributed by atoms with van der Waals surface area (Å²) in [5, 5.41) is 5.25. The molecular formula is C15H16N4OS. The van der Waals surface area contributed by atoms with Gasteiger partial charge in [-0.05, 0) is 37.8 Å². The van der Waals surface area contributed by atoms with Gasteiger partial charge in [0.15, 0.2) is 0 Å². The maximum Gasteiger partial charge on any atom is 0.262 e. The second-order valence-corrected chi connectivity index (χ2v) is 6.70. The SMILES string of the molecule is Cc1cc(Cn2cnc3sc4c(c3c2=O)CCC4)nn1C. The number of aryl methyl sites for hydroxylation is 4. The molecule has 0 radical (unpaired) electrons. The number of rotatable bonds is 2. The van der Waals surface area contributed by atoms with Crippen LogP contribution in [-0.4, -0.2) is 19.3 Å². The average molecular weight is 300 g/mol. The van der Waals surface area contributed by atoms with Crippen LogP contribution in [0.15, 0.2) is 17.2 Å². The fraction of sp³-hybridized carbons (Fsp3) is 0.400. The van der Waals surface area contributed by atoms with Gasteiger partial charge in [0.25, 0.3) is 5.56 Å². The van der Waals surface area contributed by atoms with Gasteiger partial charge >= 0.3 is 0 Å². The van der Waals surface area contributed by atoms with Gasteiger partial charge in [-0.3, -0.25) is 14.0 Å². The number of hydrogen-bond donors (Lipinski definition) is 0. The van der Waals surface area contributed by atoms with Crippen LogP contribution in [0.5, 0.6) is 0 Å². The second-order valence-electron chi connectivity index (χ2n) is 5.62. The van der Waals surface area contributed by atoms with Crippen molar-refractivity contribution in [1.82, 2.24) is 19.3 Å². The Bertz CT molecular complexity index is 883. The smallest absolute Gasteiger partial charge is 0.262 e. The highest BCUT2D eigenvalue weighted by atomic mass is 32.1. The minimum absolute atomic E-state index is 0.0720. The van der Waals surface area contributed by atoms with Crippen LogP contribution in [0, 0.1) is 6.92 Å². The van der Waals surface area contributed by atoms with E-state index in [-0.39, 0.29) is 5.56 Å². The Hall–Kier alpha value is -1.95. The van der Waals surface area contributed by atoms with Crippen molar-refractivity contribution in [2.24, 2.45) is 7.05 Å². The summed E-state index contributed by atoms with van der Waals surface area (Å²) in [6.07, 6.45) is 4.92. The van der Waals surface area contributed by atoms with Gasteiger partial charge in [0.1, 0.15) is 4.83 Å². The number of hydrogen-bond acceptors (Lipinski definition) is 4. The predicted molar refractivity (Wildman–Crippen MR) is 83.0 cm³/mol. The van der Waals surface area contributed by atoms with Crippen molar-refractivity contribution in [1.29, 1.82) is 0 Å². The van der Waals surface area contributed by atoms with Crippen LogP contribution < -0.4 is 5.56 Å². The molecule has 0 saturated heterocycles. The van der Waals surface area contributed by atoms with Crippen molar-refractivity contribution in [2.75, 3.05) is 0 Å². The average Bonchev–Trinajstić information content (AvgIpc) is 3.08. The molecule has 1 aliphatic carbocycles. The number of nitrogens with zero attached hydrogens (tertiary/aromatic N) is 4. The normalized spacial score (nSPS) is 14.0. The van der Waals surface area contributed by atoms with Gasteiger partial charge in [-0.25, -0.2) is 4.98 Å². The zero-order valence-corrected chi connectivity index (χ0v) is 12.9. The lowest BCUT2D eigenvalue weighted by atomic mass is 10.2. The molecule has 3 aromatic heterocycles. The fourth-order valence-electron chi connectivity index (χ4n) is 3.02. The molecule has 3 heterocycles. The largest absolute Gasteiger partial charge is 0.293 e. The first-order chi connectivity index (χ1) is 10.1. The summed E-state index contributed by atoms with van der Waals surface area (Å²) in [5.74, 6) is 0. The van der Waals surface area contributed by atoms with Gasteiger partial charge in [-0.1, -0.05) is 0 Å². The molecule has 4 rings (SSSR count).